The average Bonchev–Trinajstić information content (AvgIpc) is 3.30. The van der Waals surface area contributed by atoms with Gasteiger partial charge < -0.3 is 20.9 Å². The van der Waals surface area contributed by atoms with Crippen molar-refractivity contribution in [2.24, 2.45) is 4.99 Å². The van der Waals surface area contributed by atoms with Gasteiger partial charge in [0.2, 0.25) is 5.91 Å². The highest BCUT2D eigenvalue weighted by Crippen LogP contribution is 2.19. The number of guanidine groups is 1. The van der Waals surface area contributed by atoms with Crippen LogP contribution in [0.1, 0.15) is 43.2 Å². The van der Waals surface area contributed by atoms with E-state index in [1.54, 1.807) is 7.05 Å². The number of H-pyrrole nitrogens is 1. The lowest BCUT2D eigenvalue weighted by molar-refractivity contribution is -0.121. The number of aromatic nitrogens is 1. The first-order valence-corrected chi connectivity index (χ1v) is 9.96. The summed E-state index contributed by atoms with van der Waals surface area (Å²) in [5.74, 6) is 0.860. The molecule has 0 spiro atoms. The summed E-state index contributed by atoms with van der Waals surface area (Å²) >= 11 is 0. The molecule has 1 saturated carbocycles. The number of fused-ring (bicyclic) bond motifs is 1. The van der Waals surface area contributed by atoms with E-state index < -0.39 is 0 Å². The molecule has 3 rings (SSSR count). The van der Waals surface area contributed by atoms with Crippen molar-refractivity contribution in [3.63, 3.8) is 0 Å². The van der Waals surface area contributed by atoms with Crippen LogP contribution in [-0.2, 0) is 11.2 Å². The van der Waals surface area contributed by atoms with Crippen LogP contribution in [0, 0.1) is 6.92 Å². The Morgan fingerprint density at radius 1 is 1.22 bits per heavy atom. The molecule has 0 atom stereocenters. The van der Waals surface area contributed by atoms with E-state index in [1.165, 1.54) is 34.9 Å². The lowest BCUT2D eigenvalue weighted by atomic mass is 10.1. The zero-order chi connectivity index (χ0) is 19.1. The Kier molecular flexibility index (Phi) is 6.74. The van der Waals surface area contributed by atoms with Gasteiger partial charge in [0.1, 0.15) is 0 Å². The molecule has 1 heterocycles. The molecular weight excluding hydrogens is 338 g/mol. The SMILES string of the molecule is CN=C(NCCC(=O)NC1CCCC1)NCCc1c[nH]c2cc(C)ccc12. The Labute approximate surface area is 161 Å². The number of rotatable bonds is 7. The number of hydrogen-bond acceptors (Lipinski definition) is 2. The van der Waals surface area contributed by atoms with Crippen molar-refractivity contribution in [3.05, 3.63) is 35.5 Å². The van der Waals surface area contributed by atoms with Crippen LogP contribution in [0.4, 0.5) is 0 Å². The summed E-state index contributed by atoms with van der Waals surface area (Å²) in [7, 11) is 1.75. The minimum atomic E-state index is 0.124. The summed E-state index contributed by atoms with van der Waals surface area (Å²) in [4.78, 5) is 19.5. The predicted molar refractivity (Wildman–Crippen MR) is 111 cm³/mol. The quantitative estimate of drug-likeness (QED) is 0.447. The number of carbonyl (C=O) groups is 1. The molecule has 1 amide bonds. The van der Waals surface area contributed by atoms with Crippen molar-refractivity contribution >= 4 is 22.8 Å². The number of benzene rings is 1. The maximum atomic E-state index is 12.0. The van der Waals surface area contributed by atoms with Gasteiger partial charge in [-0.1, -0.05) is 25.0 Å². The smallest absolute Gasteiger partial charge is 0.221 e. The molecule has 0 radical (unpaired) electrons. The van der Waals surface area contributed by atoms with Gasteiger partial charge in [-0.3, -0.25) is 9.79 Å². The number of nitrogens with one attached hydrogen (secondary N) is 4. The molecule has 1 fully saturated rings. The van der Waals surface area contributed by atoms with Gasteiger partial charge in [-0.25, -0.2) is 0 Å². The van der Waals surface area contributed by atoms with Crippen molar-refractivity contribution in [2.75, 3.05) is 20.1 Å². The molecule has 6 nitrogen and oxygen atoms in total. The summed E-state index contributed by atoms with van der Waals surface area (Å²) in [6, 6.07) is 6.87. The number of aromatic amines is 1. The third kappa shape index (κ3) is 5.49. The molecule has 1 aliphatic rings. The number of carbonyl (C=O) groups excluding carboxylic acids is 1. The van der Waals surface area contributed by atoms with Gasteiger partial charge in [-0.2, -0.15) is 0 Å². The highest BCUT2D eigenvalue weighted by atomic mass is 16.1. The van der Waals surface area contributed by atoms with Crippen molar-refractivity contribution in [2.45, 2.75) is 51.5 Å². The first-order valence-electron chi connectivity index (χ1n) is 9.96. The Morgan fingerprint density at radius 3 is 2.78 bits per heavy atom. The van der Waals surface area contributed by atoms with Crippen LogP contribution in [0.15, 0.2) is 29.4 Å². The fraction of sp³-hybridized carbons (Fsp3) is 0.524. The third-order valence-corrected chi connectivity index (χ3v) is 5.20. The number of aryl methyl sites for hydroxylation is 1. The van der Waals surface area contributed by atoms with Crippen LogP contribution >= 0.6 is 0 Å². The van der Waals surface area contributed by atoms with E-state index in [0.717, 1.165) is 31.8 Å². The molecule has 1 aromatic carbocycles. The minimum Gasteiger partial charge on any atom is -0.361 e. The van der Waals surface area contributed by atoms with Crippen LogP contribution in [0.3, 0.4) is 0 Å². The fourth-order valence-corrected chi connectivity index (χ4v) is 3.71. The van der Waals surface area contributed by atoms with Crippen LogP contribution in [0.2, 0.25) is 0 Å². The molecule has 0 unspecified atom stereocenters. The van der Waals surface area contributed by atoms with Crippen LogP contribution in [-0.4, -0.2) is 43.0 Å². The van der Waals surface area contributed by atoms with Crippen molar-refractivity contribution < 1.29 is 4.79 Å². The van der Waals surface area contributed by atoms with E-state index in [1.807, 2.05) is 0 Å². The van der Waals surface area contributed by atoms with Crippen LogP contribution in [0.5, 0.6) is 0 Å². The van der Waals surface area contributed by atoms with Gasteiger partial charge >= 0.3 is 0 Å². The second-order valence-corrected chi connectivity index (χ2v) is 7.34. The first kappa shape index (κ1) is 19.3. The van der Waals surface area contributed by atoms with Gasteiger partial charge in [0.15, 0.2) is 5.96 Å². The van der Waals surface area contributed by atoms with Gasteiger partial charge in [0, 0.05) is 49.7 Å². The Balaban J connectivity index is 1.38. The third-order valence-electron chi connectivity index (χ3n) is 5.20. The van der Waals surface area contributed by atoms with Gasteiger partial charge in [-0.05, 0) is 43.4 Å². The number of nitrogens with zero attached hydrogens (tertiary/aromatic N) is 1. The zero-order valence-electron chi connectivity index (χ0n) is 16.4. The van der Waals surface area contributed by atoms with Crippen molar-refractivity contribution in [1.82, 2.24) is 20.9 Å². The Morgan fingerprint density at radius 2 is 2.00 bits per heavy atom. The summed E-state index contributed by atoms with van der Waals surface area (Å²) in [5, 5.41) is 10.9. The summed E-state index contributed by atoms with van der Waals surface area (Å²) in [6.07, 6.45) is 8.16. The second-order valence-electron chi connectivity index (χ2n) is 7.34. The van der Waals surface area contributed by atoms with E-state index >= 15 is 0 Å². The lowest BCUT2D eigenvalue weighted by Crippen LogP contribution is -2.41. The standard InChI is InChI=1S/C21H31N5O/c1-15-7-8-18-16(14-25-19(18)13-15)9-11-23-21(22-2)24-12-10-20(27)26-17-5-3-4-6-17/h7-8,13-14,17,25H,3-6,9-12H2,1-2H3,(H,26,27)(H2,22,23,24). The predicted octanol–water partition coefficient (Wildman–Crippen LogP) is 2.63. The number of aliphatic imine (C=N–C) groups is 1. The number of amides is 1. The average molecular weight is 370 g/mol. The summed E-state index contributed by atoms with van der Waals surface area (Å²) in [6.45, 7) is 3.48. The molecule has 0 saturated heterocycles. The molecule has 27 heavy (non-hydrogen) atoms. The maximum Gasteiger partial charge on any atom is 0.221 e. The molecule has 4 N–H and O–H groups in total. The van der Waals surface area contributed by atoms with E-state index in [9.17, 15) is 4.79 Å². The van der Waals surface area contributed by atoms with E-state index in [-0.39, 0.29) is 5.91 Å². The largest absolute Gasteiger partial charge is 0.361 e. The Bertz CT molecular complexity index is 789. The highest BCUT2D eigenvalue weighted by molar-refractivity contribution is 5.84. The first-order chi connectivity index (χ1) is 13.2. The summed E-state index contributed by atoms with van der Waals surface area (Å²) < 4.78 is 0. The highest BCUT2D eigenvalue weighted by Gasteiger charge is 2.16. The van der Waals surface area contributed by atoms with Gasteiger partial charge in [0.25, 0.3) is 0 Å². The van der Waals surface area contributed by atoms with Crippen molar-refractivity contribution in [3.8, 4) is 0 Å². The number of hydrogen-bond donors (Lipinski definition) is 4. The molecule has 1 aliphatic carbocycles. The van der Waals surface area contributed by atoms with Crippen LogP contribution in [0.25, 0.3) is 10.9 Å². The minimum absolute atomic E-state index is 0.124. The molecule has 0 aliphatic heterocycles. The molecule has 1 aromatic heterocycles. The van der Waals surface area contributed by atoms with Gasteiger partial charge in [-0.15, -0.1) is 0 Å². The topological polar surface area (TPSA) is 81.3 Å². The zero-order valence-corrected chi connectivity index (χ0v) is 16.4. The molecule has 2 aromatic rings. The summed E-state index contributed by atoms with van der Waals surface area (Å²) in [5.41, 5.74) is 3.74. The monoisotopic (exact) mass is 369 g/mol. The lowest BCUT2D eigenvalue weighted by Gasteiger charge is -2.14. The molecule has 0 bridgehead atoms. The van der Waals surface area contributed by atoms with E-state index in [2.05, 4.69) is 57.2 Å². The molecule has 6 heteroatoms. The van der Waals surface area contributed by atoms with Crippen molar-refractivity contribution in [1.29, 1.82) is 0 Å². The molecule has 146 valence electrons. The van der Waals surface area contributed by atoms with E-state index in [4.69, 9.17) is 0 Å². The second kappa shape index (κ2) is 9.44. The van der Waals surface area contributed by atoms with Gasteiger partial charge in [0.05, 0.1) is 0 Å². The van der Waals surface area contributed by atoms with Crippen LogP contribution < -0.4 is 16.0 Å². The Hall–Kier alpha value is -2.50. The molecular formula is C21H31N5O. The fourth-order valence-electron chi connectivity index (χ4n) is 3.71. The maximum absolute atomic E-state index is 12.0. The normalized spacial score (nSPS) is 15.3. The van der Waals surface area contributed by atoms with E-state index in [0.29, 0.717) is 19.0 Å².